The van der Waals surface area contributed by atoms with Crippen LogP contribution in [-0.4, -0.2) is 18.6 Å². The highest BCUT2D eigenvalue weighted by atomic mass is 16.2. The smallest absolute Gasteiger partial charge is 0.319 e. The van der Waals surface area contributed by atoms with E-state index in [1.165, 1.54) is 0 Å². The summed E-state index contributed by atoms with van der Waals surface area (Å²) in [7, 11) is 0. The normalized spacial score (nSPS) is 12.4. The van der Waals surface area contributed by atoms with Crippen molar-refractivity contribution in [2.75, 3.05) is 11.9 Å². The second-order valence-corrected chi connectivity index (χ2v) is 5.44. The Balaban J connectivity index is 2.62. The van der Waals surface area contributed by atoms with Crippen molar-refractivity contribution >= 4 is 11.7 Å². The number of nitrogens with one attached hydrogen (secondary N) is 2. The van der Waals surface area contributed by atoms with Gasteiger partial charge in [0.05, 0.1) is 11.6 Å². The van der Waals surface area contributed by atoms with E-state index in [0.717, 1.165) is 0 Å². The predicted octanol–water partition coefficient (Wildman–Crippen LogP) is 2.05. The largest absolute Gasteiger partial charge is 0.333 e. The van der Waals surface area contributed by atoms with Gasteiger partial charge in [-0.15, -0.1) is 0 Å². The summed E-state index contributed by atoms with van der Waals surface area (Å²) in [6, 6.07) is 8.30. The van der Waals surface area contributed by atoms with Gasteiger partial charge in [-0.25, -0.2) is 4.79 Å². The summed E-state index contributed by atoms with van der Waals surface area (Å²) in [6.45, 7) is 6.44. The fraction of sp³-hybridized carbons (Fsp3) is 0.429. The Morgan fingerprint density at radius 1 is 1.37 bits per heavy atom. The van der Waals surface area contributed by atoms with Gasteiger partial charge in [0.15, 0.2) is 0 Å². The number of carbonyl (C=O) groups is 1. The number of nitrogens with zero attached hydrogens (tertiary/aromatic N) is 1. The molecular formula is C14H20N4O. The third kappa shape index (κ3) is 4.60. The summed E-state index contributed by atoms with van der Waals surface area (Å²) >= 11 is 0. The zero-order valence-corrected chi connectivity index (χ0v) is 11.5. The molecule has 0 radical (unpaired) electrons. The second-order valence-electron chi connectivity index (χ2n) is 5.44. The lowest BCUT2D eigenvalue weighted by Gasteiger charge is -2.30. The van der Waals surface area contributed by atoms with Gasteiger partial charge in [-0.2, -0.15) is 5.26 Å². The lowest BCUT2D eigenvalue weighted by Crippen LogP contribution is -2.49. The minimum Gasteiger partial charge on any atom is -0.333 e. The molecule has 5 heteroatoms. The number of benzene rings is 1. The SMILES string of the molecule is CC(C)(C)C(CN)NC(=O)Nc1ccc(C#N)cc1. The van der Waals surface area contributed by atoms with Gasteiger partial charge in [-0.3, -0.25) is 0 Å². The summed E-state index contributed by atoms with van der Waals surface area (Å²) in [5.74, 6) is 0. The first-order valence-electron chi connectivity index (χ1n) is 6.14. The minimum atomic E-state index is -0.296. The number of hydrogen-bond donors (Lipinski definition) is 3. The van der Waals surface area contributed by atoms with Crippen LogP contribution in [0, 0.1) is 16.7 Å². The second kappa shape index (κ2) is 6.21. The Kier molecular flexibility index (Phi) is 4.90. The van der Waals surface area contributed by atoms with E-state index in [1.807, 2.05) is 26.8 Å². The van der Waals surface area contributed by atoms with Crippen LogP contribution in [-0.2, 0) is 0 Å². The van der Waals surface area contributed by atoms with Crippen molar-refractivity contribution < 1.29 is 4.79 Å². The molecule has 0 aliphatic carbocycles. The Labute approximate surface area is 113 Å². The number of nitriles is 1. The molecule has 0 aliphatic rings. The molecular weight excluding hydrogens is 240 g/mol. The number of carbonyl (C=O) groups excluding carboxylic acids is 1. The summed E-state index contributed by atoms with van der Waals surface area (Å²) < 4.78 is 0. The van der Waals surface area contributed by atoms with Crippen LogP contribution in [0.25, 0.3) is 0 Å². The number of rotatable bonds is 3. The molecule has 1 unspecified atom stereocenters. The number of anilines is 1. The van der Waals surface area contributed by atoms with Crippen LogP contribution in [0.4, 0.5) is 10.5 Å². The molecule has 0 fully saturated rings. The molecule has 0 bridgehead atoms. The third-order valence-corrected chi connectivity index (χ3v) is 2.86. The maximum Gasteiger partial charge on any atom is 0.319 e. The summed E-state index contributed by atoms with van der Waals surface area (Å²) in [5, 5.41) is 14.2. The molecule has 0 saturated carbocycles. The first kappa shape index (κ1) is 15.0. The van der Waals surface area contributed by atoms with Crippen LogP contribution >= 0.6 is 0 Å². The third-order valence-electron chi connectivity index (χ3n) is 2.86. The average molecular weight is 260 g/mol. The summed E-state index contributed by atoms with van der Waals surface area (Å²) in [6.07, 6.45) is 0. The van der Waals surface area contributed by atoms with E-state index in [-0.39, 0.29) is 17.5 Å². The van der Waals surface area contributed by atoms with Crippen molar-refractivity contribution in [3.63, 3.8) is 0 Å². The molecule has 4 N–H and O–H groups in total. The number of nitrogens with two attached hydrogens (primary N) is 1. The van der Waals surface area contributed by atoms with Crippen LogP contribution in [0.3, 0.4) is 0 Å². The molecule has 102 valence electrons. The quantitative estimate of drug-likeness (QED) is 0.776. The van der Waals surface area contributed by atoms with Gasteiger partial charge in [-0.05, 0) is 29.7 Å². The van der Waals surface area contributed by atoms with Gasteiger partial charge in [0.2, 0.25) is 0 Å². The molecule has 0 aromatic heterocycles. The number of urea groups is 1. The van der Waals surface area contributed by atoms with Gasteiger partial charge < -0.3 is 16.4 Å². The number of amides is 2. The van der Waals surface area contributed by atoms with Gasteiger partial charge in [-0.1, -0.05) is 20.8 Å². The highest BCUT2D eigenvalue weighted by molar-refractivity contribution is 5.89. The highest BCUT2D eigenvalue weighted by Crippen LogP contribution is 2.18. The van der Waals surface area contributed by atoms with E-state index < -0.39 is 0 Å². The van der Waals surface area contributed by atoms with Crippen molar-refractivity contribution in [3.8, 4) is 6.07 Å². The van der Waals surface area contributed by atoms with E-state index in [9.17, 15) is 4.79 Å². The maximum absolute atomic E-state index is 11.8. The standard InChI is InChI=1S/C14H20N4O/c1-14(2,3)12(9-16)18-13(19)17-11-6-4-10(8-15)5-7-11/h4-7,12H,9,16H2,1-3H3,(H2,17,18,19). The van der Waals surface area contributed by atoms with Crippen LogP contribution in [0.15, 0.2) is 24.3 Å². The summed E-state index contributed by atoms with van der Waals surface area (Å²) in [4.78, 5) is 11.8. The Hall–Kier alpha value is -2.06. The molecule has 1 aromatic rings. The van der Waals surface area contributed by atoms with Crippen LogP contribution in [0.5, 0.6) is 0 Å². The lowest BCUT2D eigenvalue weighted by atomic mass is 9.87. The van der Waals surface area contributed by atoms with Crippen LogP contribution in [0.2, 0.25) is 0 Å². The first-order valence-corrected chi connectivity index (χ1v) is 6.14. The molecule has 2 amide bonds. The molecule has 5 nitrogen and oxygen atoms in total. The lowest BCUT2D eigenvalue weighted by molar-refractivity contribution is 0.230. The molecule has 0 saturated heterocycles. The molecule has 1 atom stereocenters. The van der Waals surface area contributed by atoms with Crippen molar-refractivity contribution in [2.45, 2.75) is 26.8 Å². The van der Waals surface area contributed by atoms with E-state index in [0.29, 0.717) is 17.8 Å². The Morgan fingerprint density at radius 2 is 1.95 bits per heavy atom. The van der Waals surface area contributed by atoms with E-state index >= 15 is 0 Å². The Morgan fingerprint density at radius 3 is 2.37 bits per heavy atom. The first-order chi connectivity index (χ1) is 8.86. The minimum absolute atomic E-state index is 0.100. The molecule has 0 spiro atoms. The molecule has 0 heterocycles. The zero-order chi connectivity index (χ0) is 14.5. The molecule has 1 aromatic carbocycles. The fourth-order valence-electron chi connectivity index (χ4n) is 1.58. The van der Waals surface area contributed by atoms with Crippen molar-refractivity contribution in [1.82, 2.24) is 5.32 Å². The molecule has 1 rings (SSSR count). The Bertz CT molecular complexity index is 468. The van der Waals surface area contributed by atoms with Gasteiger partial charge in [0.1, 0.15) is 0 Å². The van der Waals surface area contributed by atoms with Gasteiger partial charge in [0.25, 0.3) is 0 Å². The van der Waals surface area contributed by atoms with E-state index in [4.69, 9.17) is 11.0 Å². The molecule has 0 aliphatic heterocycles. The average Bonchev–Trinajstić information content (AvgIpc) is 2.35. The monoisotopic (exact) mass is 260 g/mol. The predicted molar refractivity (Wildman–Crippen MR) is 75.6 cm³/mol. The van der Waals surface area contributed by atoms with Crippen molar-refractivity contribution in [1.29, 1.82) is 5.26 Å². The number of hydrogen-bond acceptors (Lipinski definition) is 3. The topological polar surface area (TPSA) is 90.9 Å². The maximum atomic E-state index is 11.8. The van der Waals surface area contributed by atoms with Crippen molar-refractivity contribution in [3.05, 3.63) is 29.8 Å². The van der Waals surface area contributed by atoms with E-state index in [2.05, 4.69) is 10.6 Å². The summed E-state index contributed by atoms with van der Waals surface area (Å²) in [5.41, 5.74) is 6.76. The highest BCUT2D eigenvalue weighted by Gasteiger charge is 2.24. The van der Waals surface area contributed by atoms with Crippen LogP contribution in [0.1, 0.15) is 26.3 Å². The van der Waals surface area contributed by atoms with Gasteiger partial charge in [0, 0.05) is 18.3 Å². The van der Waals surface area contributed by atoms with Gasteiger partial charge >= 0.3 is 6.03 Å². The van der Waals surface area contributed by atoms with Crippen molar-refractivity contribution in [2.24, 2.45) is 11.1 Å². The zero-order valence-electron chi connectivity index (χ0n) is 11.5. The van der Waals surface area contributed by atoms with E-state index in [1.54, 1.807) is 24.3 Å². The molecule has 19 heavy (non-hydrogen) atoms. The van der Waals surface area contributed by atoms with Crippen LogP contribution < -0.4 is 16.4 Å². The fourth-order valence-corrected chi connectivity index (χ4v) is 1.58.